The highest BCUT2D eigenvalue weighted by atomic mass is 32.2. The number of aromatic nitrogens is 5. The summed E-state index contributed by atoms with van der Waals surface area (Å²) in [5.74, 6) is 0.416. The van der Waals surface area contributed by atoms with Gasteiger partial charge in [0, 0.05) is 11.7 Å². The summed E-state index contributed by atoms with van der Waals surface area (Å²) in [4.78, 5) is 17.3. The highest BCUT2D eigenvalue weighted by molar-refractivity contribution is 7.98. The Kier molecular flexibility index (Phi) is 4.33. The van der Waals surface area contributed by atoms with E-state index in [1.807, 2.05) is 19.1 Å². The molecule has 0 unspecified atom stereocenters. The number of thioether (sulfide) groups is 1. The van der Waals surface area contributed by atoms with Gasteiger partial charge in [0.2, 0.25) is 0 Å². The molecule has 0 aliphatic heterocycles. The minimum absolute atomic E-state index is 0.106. The molecule has 1 fully saturated rings. The van der Waals surface area contributed by atoms with E-state index in [0.29, 0.717) is 22.8 Å². The SMILES string of the molecule is Cc1nc(SCn2nnc3ccccc3c2=O)n(C2CCCC2)c1C. The fraction of sp³-hybridized carbons (Fsp3) is 0.444. The van der Waals surface area contributed by atoms with E-state index >= 15 is 0 Å². The van der Waals surface area contributed by atoms with Gasteiger partial charge in [-0.2, -0.15) is 4.68 Å². The van der Waals surface area contributed by atoms with Crippen molar-refractivity contribution in [3.8, 4) is 0 Å². The zero-order chi connectivity index (χ0) is 17.4. The molecule has 6 nitrogen and oxygen atoms in total. The second-order valence-electron chi connectivity index (χ2n) is 6.56. The molecule has 0 N–H and O–H groups in total. The van der Waals surface area contributed by atoms with Crippen molar-refractivity contribution in [1.29, 1.82) is 0 Å². The molecule has 3 aromatic rings. The van der Waals surface area contributed by atoms with Gasteiger partial charge in [-0.25, -0.2) is 4.98 Å². The summed E-state index contributed by atoms with van der Waals surface area (Å²) in [5.41, 5.74) is 2.82. The molecular formula is C18H21N5OS. The summed E-state index contributed by atoms with van der Waals surface area (Å²) in [7, 11) is 0. The van der Waals surface area contributed by atoms with Gasteiger partial charge in [-0.3, -0.25) is 4.79 Å². The van der Waals surface area contributed by atoms with Crippen LogP contribution in [0.4, 0.5) is 0 Å². The lowest BCUT2D eigenvalue weighted by Gasteiger charge is -2.17. The van der Waals surface area contributed by atoms with Crippen molar-refractivity contribution in [2.24, 2.45) is 0 Å². The number of rotatable bonds is 4. The summed E-state index contributed by atoms with van der Waals surface area (Å²) >= 11 is 1.56. The smallest absolute Gasteiger partial charge is 0.278 e. The zero-order valence-corrected chi connectivity index (χ0v) is 15.3. The predicted molar refractivity (Wildman–Crippen MR) is 98.9 cm³/mol. The topological polar surface area (TPSA) is 65.6 Å². The van der Waals surface area contributed by atoms with E-state index in [0.717, 1.165) is 10.9 Å². The van der Waals surface area contributed by atoms with Gasteiger partial charge < -0.3 is 4.57 Å². The van der Waals surface area contributed by atoms with E-state index in [9.17, 15) is 4.79 Å². The summed E-state index contributed by atoms with van der Waals surface area (Å²) in [6.45, 7) is 4.18. The minimum atomic E-state index is -0.106. The second-order valence-corrected chi connectivity index (χ2v) is 7.47. The lowest BCUT2D eigenvalue weighted by molar-refractivity contribution is 0.470. The summed E-state index contributed by atoms with van der Waals surface area (Å²) in [5, 5.41) is 9.80. The Morgan fingerprint density at radius 2 is 1.96 bits per heavy atom. The molecule has 0 atom stereocenters. The van der Waals surface area contributed by atoms with Crippen molar-refractivity contribution >= 4 is 22.7 Å². The Morgan fingerprint density at radius 3 is 2.76 bits per heavy atom. The van der Waals surface area contributed by atoms with Gasteiger partial charge in [0.1, 0.15) is 5.52 Å². The van der Waals surface area contributed by atoms with Crippen LogP contribution in [0, 0.1) is 13.8 Å². The number of hydrogen-bond acceptors (Lipinski definition) is 5. The summed E-state index contributed by atoms with van der Waals surface area (Å²) in [6.07, 6.45) is 4.97. The fourth-order valence-electron chi connectivity index (χ4n) is 3.52. The van der Waals surface area contributed by atoms with Gasteiger partial charge in [0.25, 0.3) is 5.56 Å². The molecule has 1 aliphatic carbocycles. The first-order valence-electron chi connectivity index (χ1n) is 8.66. The van der Waals surface area contributed by atoms with Gasteiger partial charge >= 0.3 is 0 Å². The van der Waals surface area contributed by atoms with Crippen LogP contribution in [0.5, 0.6) is 0 Å². The first-order chi connectivity index (χ1) is 12.1. The minimum Gasteiger partial charge on any atom is -0.320 e. The Labute approximate surface area is 150 Å². The Balaban J connectivity index is 1.63. The molecule has 130 valence electrons. The van der Waals surface area contributed by atoms with E-state index in [4.69, 9.17) is 4.98 Å². The number of fused-ring (bicyclic) bond motifs is 1. The van der Waals surface area contributed by atoms with Gasteiger partial charge in [-0.1, -0.05) is 41.9 Å². The van der Waals surface area contributed by atoms with Crippen LogP contribution < -0.4 is 5.56 Å². The van der Waals surface area contributed by atoms with E-state index in [-0.39, 0.29) is 5.56 Å². The third-order valence-corrected chi connectivity index (χ3v) is 5.91. The molecule has 0 bridgehead atoms. The molecule has 0 amide bonds. The number of aryl methyl sites for hydroxylation is 1. The number of benzene rings is 1. The molecule has 0 saturated heterocycles. The van der Waals surface area contributed by atoms with Crippen LogP contribution in [0.3, 0.4) is 0 Å². The third-order valence-electron chi connectivity index (χ3n) is 4.99. The Morgan fingerprint density at radius 1 is 1.20 bits per heavy atom. The molecule has 1 aromatic carbocycles. The maximum atomic E-state index is 12.6. The van der Waals surface area contributed by atoms with E-state index in [2.05, 4.69) is 21.8 Å². The number of hydrogen-bond donors (Lipinski definition) is 0. The van der Waals surface area contributed by atoms with Crippen molar-refractivity contribution in [1.82, 2.24) is 24.5 Å². The van der Waals surface area contributed by atoms with Crippen molar-refractivity contribution in [3.05, 3.63) is 46.0 Å². The summed E-state index contributed by atoms with van der Waals surface area (Å²) < 4.78 is 3.78. The van der Waals surface area contributed by atoms with Crippen LogP contribution in [0.25, 0.3) is 10.9 Å². The molecule has 4 rings (SSSR count). The average molecular weight is 355 g/mol. The van der Waals surface area contributed by atoms with E-state index in [1.165, 1.54) is 36.1 Å². The third kappa shape index (κ3) is 2.97. The molecule has 2 aromatic heterocycles. The van der Waals surface area contributed by atoms with Gasteiger partial charge in [0.05, 0.1) is 17.0 Å². The summed E-state index contributed by atoms with van der Waals surface area (Å²) in [6, 6.07) is 7.84. The van der Waals surface area contributed by atoms with Crippen molar-refractivity contribution in [2.75, 3.05) is 0 Å². The quantitative estimate of drug-likeness (QED) is 0.671. The van der Waals surface area contributed by atoms with Crippen LogP contribution in [0.15, 0.2) is 34.2 Å². The average Bonchev–Trinajstić information content (AvgIpc) is 3.23. The molecule has 7 heteroatoms. The van der Waals surface area contributed by atoms with Crippen LogP contribution in [0.1, 0.15) is 43.1 Å². The Hall–Kier alpha value is -2.15. The van der Waals surface area contributed by atoms with Crippen LogP contribution >= 0.6 is 11.8 Å². The van der Waals surface area contributed by atoms with Crippen LogP contribution in [0.2, 0.25) is 0 Å². The highest BCUT2D eigenvalue weighted by Gasteiger charge is 2.23. The van der Waals surface area contributed by atoms with Crippen molar-refractivity contribution in [3.63, 3.8) is 0 Å². The standard InChI is InChI=1S/C18H21N5OS/c1-12-13(2)23(14-7-3-4-8-14)18(19-12)25-11-22-17(24)15-9-5-6-10-16(15)20-21-22/h5-6,9-10,14H,3-4,7-8,11H2,1-2H3. The van der Waals surface area contributed by atoms with Crippen LogP contribution in [-0.4, -0.2) is 24.5 Å². The second kappa shape index (κ2) is 6.63. The normalized spacial score (nSPS) is 15.3. The molecular weight excluding hydrogens is 334 g/mol. The van der Waals surface area contributed by atoms with Gasteiger partial charge in [0.15, 0.2) is 5.16 Å². The monoisotopic (exact) mass is 355 g/mol. The molecule has 25 heavy (non-hydrogen) atoms. The van der Waals surface area contributed by atoms with Crippen LogP contribution in [-0.2, 0) is 5.88 Å². The maximum absolute atomic E-state index is 12.6. The fourth-order valence-corrected chi connectivity index (χ4v) is 4.55. The largest absolute Gasteiger partial charge is 0.320 e. The number of nitrogens with zero attached hydrogens (tertiary/aromatic N) is 5. The molecule has 0 spiro atoms. The lowest BCUT2D eigenvalue weighted by Crippen LogP contribution is -2.23. The van der Waals surface area contributed by atoms with Crippen molar-refractivity contribution < 1.29 is 0 Å². The molecule has 2 heterocycles. The van der Waals surface area contributed by atoms with E-state index in [1.54, 1.807) is 23.9 Å². The first kappa shape index (κ1) is 16.3. The van der Waals surface area contributed by atoms with Gasteiger partial charge in [-0.05, 0) is 38.8 Å². The van der Waals surface area contributed by atoms with Gasteiger partial charge in [-0.15, -0.1) is 5.10 Å². The Bertz CT molecular complexity index is 971. The zero-order valence-electron chi connectivity index (χ0n) is 14.5. The number of imidazole rings is 1. The van der Waals surface area contributed by atoms with Crippen molar-refractivity contribution in [2.45, 2.75) is 56.6 Å². The molecule has 0 radical (unpaired) electrons. The molecule has 1 saturated carbocycles. The highest BCUT2D eigenvalue weighted by Crippen LogP contribution is 2.35. The maximum Gasteiger partial charge on any atom is 0.278 e. The predicted octanol–water partition coefficient (Wildman–Crippen LogP) is 3.47. The molecule has 1 aliphatic rings. The van der Waals surface area contributed by atoms with E-state index < -0.39 is 0 Å². The lowest BCUT2D eigenvalue weighted by atomic mass is 10.2. The first-order valence-corrected chi connectivity index (χ1v) is 9.64.